The Hall–Kier alpha value is -2.89. The van der Waals surface area contributed by atoms with Crippen molar-refractivity contribution < 1.29 is 9.72 Å². The van der Waals surface area contributed by atoms with Gasteiger partial charge in [-0.3, -0.25) is 25.8 Å². The number of para-hydroxylation sites is 2. The molecule has 2 aromatic carbocycles. The summed E-state index contributed by atoms with van der Waals surface area (Å²) >= 11 is 0. The van der Waals surface area contributed by atoms with E-state index in [0.717, 1.165) is 5.56 Å². The maximum atomic E-state index is 11.7. The van der Waals surface area contributed by atoms with Crippen LogP contribution in [0.25, 0.3) is 0 Å². The fourth-order valence-corrected chi connectivity index (χ4v) is 1.84. The van der Waals surface area contributed by atoms with Gasteiger partial charge in [0.1, 0.15) is 5.69 Å². The number of aryl methyl sites for hydroxylation is 1. The van der Waals surface area contributed by atoms with Gasteiger partial charge >= 0.3 is 0 Å². The SMILES string of the molecule is O=C(CCc1ccccc1)NNc1ccccc1[N+](=O)[O-]. The number of hydrazine groups is 1. The van der Waals surface area contributed by atoms with Crippen molar-refractivity contribution in [2.75, 3.05) is 5.43 Å². The quantitative estimate of drug-likeness (QED) is 0.631. The zero-order valence-electron chi connectivity index (χ0n) is 11.3. The second-order valence-corrected chi connectivity index (χ2v) is 4.43. The van der Waals surface area contributed by atoms with E-state index in [4.69, 9.17) is 0 Å². The van der Waals surface area contributed by atoms with Crippen LogP contribution in [-0.4, -0.2) is 10.8 Å². The molecular formula is C15H15N3O3. The first kappa shape index (κ1) is 14.5. The molecule has 0 aromatic heterocycles. The predicted molar refractivity (Wildman–Crippen MR) is 79.6 cm³/mol. The van der Waals surface area contributed by atoms with Gasteiger partial charge in [-0.15, -0.1) is 0 Å². The van der Waals surface area contributed by atoms with Gasteiger partial charge in [-0.25, -0.2) is 0 Å². The Morgan fingerprint density at radius 1 is 1.05 bits per heavy atom. The molecule has 0 unspecified atom stereocenters. The van der Waals surface area contributed by atoms with E-state index in [1.807, 2.05) is 30.3 Å². The van der Waals surface area contributed by atoms with Crippen molar-refractivity contribution in [2.24, 2.45) is 0 Å². The lowest BCUT2D eigenvalue weighted by molar-refractivity contribution is -0.384. The third-order valence-electron chi connectivity index (χ3n) is 2.92. The van der Waals surface area contributed by atoms with Crippen LogP contribution < -0.4 is 10.9 Å². The second-order valence-electron chi connectivity index (χ2n) is 4.43. The fraction of sp³-hybridized carbons (Fsp3) is 0.133. The van der Waals surface area contributed by atoms with E-state index in [0.29, 0.717) is 12.8 Å². The first-order chi connectivity index (χ1) is 10.2. The van der Waals surface area contributed by atoms with Gasteiger partial charge < -0.3 is 0 Å². The van der Waals surface area contributed by atoms with E-state index in [1.54, 1.807) is 12.1 Å². The highest BCUT2D eigenvalue weighted by atomic mass is 16.6. The molecule has 2 aromatic rings. The van der Waals surface area contributed by atoms with Gasteiger partial charge in [0, 0.05) is 12.5 Å². The summed E-state index contributed by atoms with van der Waals surface area (Å²) in [5.41, 5.74) is 6.31. The lowest BCUT2D eigenvalue weighted by atomic mass is 10.1. The lowest BCUT2D eigenvalue weighted by Gasteiger charge is -2.08. The monoisotopic (exact) mass is 285 g/mol. The van der Waals surface area contributed by atoms with Gasteiger partial charge in [0.15, 0.2) is 0 Å². The maximum Gasteiger partial charge on any atom is 0.294 e. The van der Waals surface area contributed by atoms with E-state index in [-0.39, 0.29) is 17.3 Å². The number of anilines is 1. The number of benzene rings is 2. The fourth-order valence-electron chi connectivity index (χ4n) is 1.84. The Morgan fingerprint density at radius 3 is 2.43 bits per heavy atom. The third-order valence-corrected chi connectivity index (χ3v) is 2.92. The van der Waals surface area contributed by atoms with Gasteiger partial charge in [-0.2, -0.15) is 0 Å². The van der Waals surface area contributed by atoms with Crippen molar-refractivity contribution in [3.63, 3.8) is 0 Å². The summed E-state index contributed by atoms with van der Waals surface area (Å²) in [6, 6.07) is 15.8. The van der Waals surface area contributed by atoms with Gasteiger partial charge in [0.25, 0.3) is 5.69 Å². The van der Waals surface area contributed by atoms with Crippen LogP contribution in [0.4, 0.5) is 11.4 Å². The molecule has 0 aliphatic carbocycles. The van der Waals surface area contributed by atoms with E-state index >= 15 is 0 Å². The average Bonchev–Trinajstić information content (AvgIpc) is 2.52. The summed E-state index contributed by atoms with van der Waals surface area (Å²) in [7, 11) is 0. The summed E-state index contributed by atoms with van der Waals surface area (Å²) in [5, 5.41) is 10.8. The molecule has 0 saturated carbocycles. The number of rotatable bonds is 6. The molecule has 0 heterocycles. The molecule has 2 N–H and O–H groups in total. The zero-order valence-corrected chi connectivity index (χ0v) is 11.3. The largest absolute Gasteiger partial charge is 0.294 e. The number of carbonyl (C=O) groups excluding carboxylic acids is 1. The third kappa shape index (κ3) is 4.31. The van der Waals surface area contributed by atoms with Gasteiger partial charge in [-0.1, -0.05) is 42.5 Å². The van der Waals surface area contributed by atoms with Crippen LogP contribution in [-0.2, 0) is 11.2 Å². The summed E-state index contributed by atoms with van der Waals surface area (Å²) in [6.45, 7) is 0. The Balaban J connectivity index is 1.86. The molecule has 0 saturated heterocycles. The molecule has 1 amide bonds. The molecule has 0 fully saturated rings. The van der Waals surface area contributed by atoms with Crippen molar-refractivity contribution in [1.29, 1.82) is 0 Å². The van der Waals surface area contributed by atoms with Crippen LogP contribution in [0.5, 0.6) is 0 Å². The molecule has 6 heteroatoms. The standard InChI is InChI=1S/C15H15N3O3/c19-15(11-10-12-6-2-1-3-7-12)17-16-13-8-4-5-9-14(13)18(20)21/h1-9,16H,10-11H2,(H,17,19). The van der Waals surface area contributed by atoms with Crippen molar-refractivity contribution in [3.8, 4) is 0 Å². The van der Waals surface area contributed by atoms with E-state index in [2.05, 4.69) is 10.9 Å². The van der Waals surface area contributed by atoms with E-state index in [9.17, 15) is 14.9 Å². The zero-order chi connectivity index (χ0) is 15.1. The first-order valence-corrected chi connectivity index (χ1v) is 6.49. The molecular weight excluding hydrogens is 270 g/mol. The summed E-state index contributed by atoms with van der Waals surface area (Å²) < 4.78 is 0. The number of amides is 1. The molecule has 0 aliphatic heterocycles. The van der Waals surface area contributed by atoms with Crippen LogP contribution in [0.1, 0.15) is 12.0 Å². The molecule has 2 rings (SSSR count). The number of hydrogen-bond donors (Lipinski definition) is 2. The number of nitro groups is 1. The number of hydrogen-bond acceptors (Lipinski definition) is 4. The highest BCUT2D eigenvalue weighted by Crippen LogP contribution is 2.22. The smallest absolute Gasteiger partial charge is 0.292 e. The van der Waals surface area contributed by atoms with Crippen molar-refractivity contribution in [3.05, 3.63) is 70.3 Å². The summed E-state index contributed by atoms with van der Waals surface area (Å²) in [5.74, 6) is -0.225. The van der Waals surface area contributed by atoms with Crippen LogP contribution in [0, 0.1) is 10.1 Å². The molecule has 108 valence electrons. The van der Waals surface area contributed by atoms with Crippen LogP contribution >= 0.6 is 0 Å². The number of carbonyl (C=O) groups is 1. The van der Waals surface area contributed by atoms with Crippen LogP contribution in [0.2, 0.25) is 0 Å². The molecule has 0 spiro atoms. The topological polar surface area (TPSA) is 84.3 Å². The number of nitrogens with one attached hydrogen (secondary N) is 2. The van der Waals surface area contributed by atoms with E-state index < -0.39 is 4.92 Å². The predicted octanol–water partition coefficient (Wildman–Crippen LogP) is 2.67. The first-order valence-electron chi connectivity index (χ1n) is 6.49. The number of nitro benzene ring substituents is 1. The van der Waals surface area contributed by atoms with Gasteiger partial charge in [-0.05, 0) is 18.1 Å². The minimum absolute atomic E-state index is 0.0825. The Bertz CT molecular complexity index is 629. The normalized spacial score (nSPS) is 9.90. The van der Waals surface area contributed by atoms with Crippen molar-refractivity contribution in [2.45, 2.75) is 12.8 Å². The number of nitrogens with zero attached hydrogens (tertiary/aromatic N) is 1. The minimum atomic E-state index is -0.502. The van der Waals surface area contributed by atoms with E-state index in [1.165, 1.54) is 12.1 Å². The Kier molecular flexibility index (Phi) is 4.87. The van der Waals surface area contributed by atoms with Crippen LogP contribution in [0.15, 0.2) is 54.6 Å². The Morgan fingerprint density at radius 2 is 1.71 bits per heavy atom. The van der Waals surface area contributed by atoms with Gasteiger partial charge in [0.05, 0.1) is 4.92 Å². The summed E-state index contributed by atoms with van der Waals surface area (Å²) in [6.07, 6.45) is 0.920. The highest BCUT2D eigenvalue weighted by Gasteiger charge is 2.12. The second kappa shape index (κ2) is 7.04. The van der Waals surface area contributed by atoms with Crippen molar-refractivity contribution in [1.82, 2.24) is 5.43 Å². The molecule has 0 aliphatic rings. The molecule has 0 atom stereocenters. The lowest BCUT2D eigenvalue weighted by Crippen LogP contribution is -2.29. The van der Waals surface area contributed by atoms with Gasteiger partial charge in [0.2, 0.25) is 5.91 Å². The average molecular weight is 285 g/mol. The minimum Gasteiger partial charge on any atom is -0.292 e. The molecule has 0 radical (unpaired) electrons. The van der Waals surface area contributed by atoms with Crippen molar-refractivity contribution >= 4 is 17.3 Å². The molecule has 6 nitrogen and oxygen atoms in total. The highest BCUT2D eigenvalue weighted by molar-refractivity contribution is 5.78. The summed E-state index contributed by atoms with van der Waals surface area (Å²) in [4.78, 5) is 22.1. The maximum absolute atomic E-state index is 11.7. The molecule has 21 heavy (non-hydrogen) atoms. The Labute approximate surface area is 121 Å². The molecule has 0 bridgehead atoms. The van der Waals surface area contributed by atoms with Crippen LogP contribution in [0.3, 0.4) is 0 Å².